The van der Waals surface area contributed by atoms with Crippen molar-refractivity contribution < 1.29 is 9.59 Å². The molecule has 0 radical (unpaired) electrons. The molecule has 0 heterocycles. The Balaban J connectivity index is 2.68. The number of hydrogen-bond acceptors (Lipinski definition) is 2. The zero-order chi connectivity index (χ0) is 10.3. The summed E-state index contributed by atoms with van der Waals surface area (Å²) in [6.07, 6.45) is 0. The SMILES string of the molecule is C=C1C(=O)c2ccccc2C(=O)C1C. The van der Waals surface area contributed by atoms with Crippen LogP contribution in [0.1, 0.15) is 27.6 Å². The van der Waals surface area contributed by atoms with Crippen molar-refractivity contribution in [3.8, 4) is 0 Å². The van der Waals surface area contributed by atoms with E-state index in [-0.39, 0.29) is 17.5 Å². The highest BCUT2D eigenvalue weighted by Gasteiger charge is 2.32. The normalized spacial score (nSPS) is 20.9. The Morgan fingerprint density at radius 1 is 1.14 bits per heavy atom. The molecule has 70 valence electrons. The number of hydrogen-bond donors (Lipinski definition) is 0. The van der Waals surface area contributed by atoms with Gasteiger partial charge in [0.25, 0.3) is 0 Å². The van der Waals surface area contributed by atoms with Crippen LogP contribution in [0, 0.1) is 5.92 Å². The summed E-state index contributed by atoms with van der Waals surface area (Å²) in [6, 6.07) is 6.89. The molecule has 0 spiro atoms. The van der Waals surface area contributed by atoms with Crippen LogP contribution >= 0.6 is 0 Å². The predicted octanol–water partition coefficient (Wildman–Crippen LogP) is 2.26. The van der Waals surface area contributed by atoms with Gasteiger partial charge in [-0.3, -0.25) is 9.59 Å². The molecule has 0 bridgehead atoms. The standard InChI is InChI=1S/C12H10O2/c1-7-8(2)12(14)10-6-4-3-5-9(10)11(7)13/h3-6,8H,1H2,2H3. The van der Waals surface area contributed by atoms with E-state index in [4.69, 9.17) is 0 Å². The van der Waals surface area contributed by atoms with E-state index in [2.05, 4.69) is 6.58 Å². The van der Waals surface area contributed by atoms with E-state index in [1.165, 1.54) is 0 Å². The van der Waals surface area contributed by atoms with E-state index >= 15 is 0 Å². The number of rotatable bonds is 0. The van der Waals surface area contributed by atoms with Crippen LogP contribution in [0.25, 0.3) is 0 Å². The average molecular weight is 186 g/mol. The Bertz CT molecular complexity index is 443. The first-order chi connectivity index (χ1) is 6.63. The van der Waals surface area contributed by atoms with Gasteiger partial charge in [0.05, 0.1) is 0 Å². The summed E-state index contributed by atoms with van der Waals surface area (Å²) in [5.74, 6) is -0.490. The fraction of sp³-hybridized carbons (Fsp3) is 0.167. The van der Waals surface area contributed by atoms with Gasteiger partial charge >= 0.3 is 0 Å². The summed E-state index contributed by atoms with van der Waals surface area (Å²) in [4.78, 5) is 23.5. The van der Waals surface area contributed by atoms with Crippen LogP contribution in [-0.4, -0.2) is 11.6 Å². The van der Waals surface area contributed by atoms with Crippen molar-refractivity contribution in [3.05, 3.63) is 47.5 Å². The molecule has 0 fully saturated rings. The van der Waals surface area contributed by atoms with E-state index < -0.39 is 0 Å². The van der Waals surface area contributed by atoms with E-state index in [0.29, 0.717) is 16.7 Å². The lowest BCUT2D eigenvalue weighted by Crippen LogP contribution is -2.27. The molecule has 0 aromatic heterocycles. The molecule has 0 aliphatic heterocycles. The molecule has 2 rings (SSSR count). The van der Waals surface area contributed by atoms with Gasteiger partial charge in [0.2, 0.25) is 0 Å². The molecule has 1 unspecified atom stereocenters. The Morgan fingerprint density at radius 3 is 2.36 bits per heavy atom. The Morgan fingerprint density at radius 2 is 1.71 bits per heavy atom. The molecule has 14 heavy (non-hydrogen) atoms. The van der Waals surface area contributed by atoms with Crippen molar-refractivity contribution >= 4 is 11.6 Å². The van der Waals surface area contributed by atoms with Gasteiger partial charge in [0.15, 0.2) is 11.6 Å². The molecule has 0 N–H and O–H groups in total. The summed E-state index contributed by atoms with van der Waals surface area (Å²) in [5.41, 5.74) is 1.41. The molecule has 2 heteroatoms. The first-order valence-corrected chi connectivity index (χ1v) is 4.49. The molecule has 0 saturated heterocycles. The van der Waals surface area contributed by atoms with Crippen LogP contribution in [0.5, 0.6) is 0 Å². The van der Waals surface area contributed by atoms with E-state index in [0.717, 1.165) is 0 Å². The van der Waals surface area contributed by atoms with Gasteiger partial charge in [-0.1, -0.05) is 37.8 Å². The Kier molecular flexibility index (Phi) is 1.84. The lowest BCUT2D eigenvalue weighted by atomic mass is 9.80. The maximum atomic E-state index is 11.8. The summed E-state index contributed by atoms with van der Waals surface area (Å²) < 4.78 is 0. The van der Waals surface area contributed by atoms with Crippen molar-refractivity contribution in [1.82, 2.24) is 0 Å². The van der Waals surface area contributed by atoms with Gasteiger partial charge in [-0.15, -0.1) is 0 Å². The molecule has 0 saturated carbocycles. The van der Waals surface area contributed by atoms with Crippen molar-refractivity contribution in [2.75, 3.05) is 0 Å². The third-order valence-corrected chi connectivity index (χ3v) is 2.64. The third-order valence-electron chi connectivity index (χ3n) is 2.64. The molecular formula is C12H10O2. The smallest absolute Gasteiger partial charge is 0.189 e. The number of Topliss-reactive ketones (excluding diaryl/α,β-unsaturated/α-hetero) is 2. The van der Waals surface area contributed by atoms with E-state index in [1.807, 2.05) is 0 Å². The predicted molar refractivity (Wildman–Crippen MR) is 53.4 cm³/mol. The van der Waals surface area contributed by atoms with Gasteiger partial charge in [-0.25, -0.2) is 0 Å². The van der Waals surface area contributed by atoms with Crippen LogP contribution in [0.15, 0.2) is 36.4 Å². The highest BCUT2D eigenvalue weighted by molar-refractivity contribution is 6.23. The minimum atomic E-state index is -0.377. The minimum absolute atomic E-state index is 0.00907. The molecule has 1 aromatic rings. The molecule has 0 amide bonds. The first-order valence-electron chi connectivity index (χ1n) is 4.49. The number of carbonyl (C=O) groups excluding carboxylic acids is 2. The van der Waals surface area contributed by atoms with E-state index in [1.54, 1.807) is 31.2 Å². The maximum absolute atomic E-state index is 11.8. The highest BCUT2D eigenvalue weighted by atomic mass is 16.1. The van der Waals surface area contributed by atoms with Crippen LogP contribution < -0.4 is 0 Å². The topological polar surface area (TPSA) is 34.1 Å². The largest absolute Gasteiger partial charge is 0.293 e. The fourth-order valence-corrected chi connectivity index (χ4v) is 1.66. The zero-order valence-electron chi connectivity index (χ0n) is 7.91. The van der Waals surface area contributed by atoms with Crippen molar-refractivity contribution in [2.45, 2.75) is 6.92 Å². The van der Waals surface area contributed by atoms with Gasteiger partial charge < -0.3 is 0 Å². The Labute approximate surface area is 82.2 Å². The molecular weight excluding hydrogens is 176 g/mol. The second-order valence-electron chi connectivity index (χ2n) is 3.49. The van der Waals surface area contributed by atoms with Crippen LogP contribution in [0.2, 0.25) is 0 Å². The molecule has 1 atom stereocenters. The quantitative estimate of drug-likeness (QED) is 0.582. The second-order valence-corrected chi connectivity index (χ2v) is 3.49. The number of carbonyl (C=O) groups is 2. The van der Waals surface area contributed by atoms with Gasteiger partial charge in [0, 0.05) is 22.6 Å². The van der Waals surface area contributed by atoms with Crippen molar-refractivity contribution in [2.24, 2.45) is 5.92 Å². The number of benzene rings is 1. The van der Waals surface area contributed by atoms with Crippen LogP contribution in [-0.2, 0) is 0 Å². The van der Waals surface area contributed by atoms with Crippen molar-refractivity contribution in [1.29, 1.82) is 0 Å². The molecule has 1 aliphatic rings. The fourth-order valence-electron chi connectivity index (χ4n) is 1.66. The average Bonchev–Trinajstić information content (AvgIpc) is 2.23. The monoisotopic (exact) mass is 186 g/mol. The van der Waals surface area contributed by atoms with Crippen LogP contribution in [0.4, 0.5) is 0 Å². The van der Waals surface area contributed by atoms with Crippen molar-refractivity contribution in [3.63, 3.8) is 0 Å². The zero-order valence-corrected chi connectivity index (χ0v) is 7.91. The summed E-state index contributed by atoms with van der Waals surface area (Å²) in [5, 5.41) is 0. The van der Waals surface area contributed by atoms with Gasteiger partial charge in [0.1, 0.15) is 0 Å². The number of ketones is 2. The van der Waals surface area contributed by atoms with Crippen LogP contribution in [0.3, 0.4) is 0 Å². The maximum Gasteiger partial charge on any atom is 0.189 e. The summed E-state index contributed by atoms with van der Waals surface area (Å²) in [6.45, 7) is 5.38. The van der Waals surface area contributed by atoms with Gasteiger partial charge in [-0.2, -0.15) is 0 Å². The summed E-state index contributed by atoms with van der Waals surface area (Å²) in [7, 11) is 0. The summed E-state index contributed by atoms with van der Waals surface area (Å²) >= 11 is 0. The number of fused-ring (bicyclic) bond motifs is 1. The highest BCUT2D eigenvalue weighted by Crippen LogP contribution is 2.28. The number of allylic oxidation sites excluding steroid dienone is 1. The molecule has 1 aromatic carbocycles. The second kappa shape index (κ2) is 2.91. The first kappa shape index (κ1) is 8.88. The lowest BCUT2D eigenvalue weighted by molar-refractivity contribution is 0.0892. The van der Waals surface area contributed by atoms with Gasteiger partial charge in [-0.05, 0) is 0 Å². The lowest BCUT2D eigenvalue weighted by Gasteiger charge is -2.20. The molecule has 2 nitrogen and oxygen atoms in total. The molecule has 1 aliphatic carbocycles. The Hall–Kier alpha value is -1.70. The third kappa shape index (κ3) is 1.04. The van der Waals surface area contributed by atoms with E-state index in [9.17, 15) is 9.59 Å². The minimum Gasteiger partial charge on any atom is -0.293 e.